The summed E-state index contributed by atoms with van der Waals surface area (Å²) in [6, 6.07) is 25.6. The summed E-state index contributed by atoms with van der Waals surface area (Å²) in [5, 5.41) is 0. The number of carbonyl (C=O) groups excluding carboxylic acids is 1. The lowest BCUT2D eigenvalue weighted by molar-refractivity contribution is 0.0993. The predicted octanol–water partition coefficient (Wildman–Crippen LogP) is 5.67. The van der Waals surface area contributed by atoms with Crippen molar-refractivity contribution in [2.24, 2.45) is 0 Å². The van der Waals surface area contributed by atoms with Gasteiger partial charge in [0.25, 0.3) is 0 Å². The van der Waals surface area contributed by atoms with Crippen molar-refractivity contribution in [1.82, 2.24) is 9.21 Å². The Hall–Kier alpha value is -2.80. The Morgan fingerprint density at radius 2 is 1.35 bits per heavy atom. The number of hydrogen-bond acceptors (Lipinski definition) is 4. The van der Waals surface area contributed by atoms with Gasteiger partial charge in [0.15, 0.2) is 5.78 Å². The quantitative estimate of drug-likeness (QED) is 0.362. The number of rotatable bonds is 8. The van der Waals surface area contributed by atoms with Gasteiger partial charge in [0.2, 0.25) is 10.0 Å². The van der Waals surface area contributed by atoms with Crippen molar-refractivity contribution >= 4 is 15.8 Å². The third kappa shape index (κ3) is 6.38. The molecule has 0 N–H and O–H groups in total. The summed E-state index contributed by atoms with van der Waals surface area (Å²) in [5.41, 5.74) is 4.19. The van der Waals surface area contributed by atoms with E-state index in [1.54, 1.807) is 28.6 Å². The van der Waals surface area contributed by atoms with E-state index in [1.807, 2.05) is 12.1 Å². The Morgan fingerprint density at radius 1 is 0.730 bits per heavy atom. The molecule has 37 heavy (non-hydrogen) atoms. The van der Waals surface area contributed by atoms with Gasteiger partial charge in [0.1, 0.15) is 0 Å². The minimum absolute atomic E-state index is 0.0434. The van der Waals surface area contributed by atoms with Gasteiger partial charge < -0.3 is 0 Å². The van der Waals surface area contributed by atoms with Crippen molar-refractivity contribution in [3.05, 3.63) is 101 Å². The molecule has 3 aromatic carbocycles. The summed E-state index contributed by atoms with van der Waals surface area (Å²) in [6.45, 7) is 4.26. The van der Waals surface area contributed by atoms with Crippen LogP contribution in [0.1, 0.15) is 65.1 Å². The fourth-order valence-corrected chi connectivity index (χ4v) is 7.04. The second kappa shape index (κ2) is 11.7. The smallest absolute Gasteiger partial charge is 0.243 e. The summed E-state index contributed by atoms with van der Waals surface area (Å²) in [4.78, 5) is 15.7. The second-order valence-corrected chi connectivity index (χ2v) is 12.3. The molecule has 5 rings (SSSR count). The summed E-state index contributed by atoms with van der Waals surface area (Å²) >= 11 is 0. The van der Waals surface area contributed by atoms with E-state index >= 15 is 0 Å². The van der Waals surface area contributed by atoms with Gasteiger partial charge in [-0.25, -0.2) is 8.42 Å². The third-order valence-corrected chi connectivity index (χ3v) is 9.69. The maximum absolute atomic E-state index is 12.9. The van der Waals surface area contributed by atoms with E-state index < -0.39 is 10.0 Å². The molecule has 0 unspecified atom stereocenters. The summed E-state index contributed by atoms with van der Waals surface area (Å²) in [6.07, 6.45) is 5.53. The molecule has 2 fully saturated rings. The van der Waals surface area contributed by atoms with Gasteiger partial charge in [-0.2, -0.15) is 4.31 Å². The maximum Gasteiger partial charge on any atom is 0.243 e. The third-order valence-electron chi connectivity index (χ3n) is 7.78. The first kappa shape index (κ1) is 25.8. The maximum atomic E-state index is 12.9. The Morgan fingerprint density at radius 3 is 2.00 bits per heavy atom. The van der Waals surface area contributed by atoms with Crippen LogP contribution in [0.2, 0.25) is 0 Å². The van der Waals surface area contributed by atoms with E-state index in [1.165, 1.54) is 24.0 Å². The van der Waals surface area contributed by atoms with Crippen molar-refractivity contribution in [1.29, 1.82) is 0 Å². The Kier molecular flexibility index (Phi) is 8.18. The molecule has 5 nitrogen and oxygen atoms in total. The van der Waals surface area contributed by atoms with Crippen LogP contribution in [0.5, 0.6) is 0 Å². The van der Waals surface area contributed by atoms with Crippen molar-refractivity contribution in [2.75, 3.05) is 26.2 Å². The molecule has 2 heterocycles. The van der Waals surface area contributed by atoms with Crippen molar-refractivity contribution in [3.63, 3.8) is 0 Å². The molecule has 0 aliphatic carbocycles. The van der Waals surface area contributed by atoms with Crippen molar-refractivity contribution in [2.45, 2.75) is 55.9 Å². The fraction of sp³-hybridized carbons (Fsp3) is 0.387. The first-order valence-electron chi connectivity index (χ1n) is 13.5. The number of Topliss-reactive ketones (excluding diaryl/α,β-unsaturated/α-hetero) is 1. The zero-order valence-electron chi connectivity index (χ0n) is 21.4. The Labute approximate surface area is 221 Å². The molecule has 0 atom stereocenters. The average molecular weight is 517 g/mol. The largest absolute Gasteiger partial charge is 0.299 e. The van der Waals surface area contributed by atoms with Crippen LogP contribution < -0.4 is 0 Å². The highest BCUT2D eigenvalue weighted by Gasteiger charge is 2.26. The van der Waals surface area contributed by atoms with Crippen molar-refractivity contribution in [3.8, 4) is 0 Å². The van der Waals surface area contributed by atoms with Crippen LogP contribution in [-0.2, 0) is 23.0 Å². The summed E-state index contributed by atoms with van der Waals surface area (Å²) in [5.74, 6) is 0.693. The number of carbonyl (C=O) groups is 1. The zero-order valence-corrected chi connectivity index (χ0v) is 22.2. The molecule has 2 aliphatic rings. The van der Waals surface area contributed by atoms with Crippen LogP contribution in [-0.4, -0.2) is 49.6 Å². The summed E-state index contributed by atoms with van der Waals surface area (Å²) in [7, 11) is -3.45. The minimum Gasteiger partial charge on any atom is -0.299 e. The van der Waals surface area contributed by atoms with Crippen LogP contribution in [0.25, 0.3) is 0 Å². The molecule has 194 valence electrons. The van der Waals surface area contributed by atoms with Crippen LogP contribution in [0.4, 0.5) is 0 Å². The highest BCUT2D eigenvalue weighted by molar-refractivity contribution is 7.89. The number of ketones is 1. The molecule has 2 aliphatic heterocycles. The number of likely N-dealkylation sites (tertiary alicyclic amines) is 1. The van der Waals surface area contributed by atoms with Crippen LogP contribution in [0.3, 0.4) is 0 Å². The van der Waals surface area contributed by atoms with Gasteiger partial charge in [-0.1, -0.05) is 73.2 Å². The van der Waals surface area contributed by atoms with Gasteiger partial charge in [-0.05, 0) is 73.5 Å². The lowest BCUT2D eigenvalue weighted by Crippen LogP contribution is -2.35. The molecule has 0 spiro atoms. The minimum atomic E-state index is -3.45. The monoisotopic (exact) mass is 516 g/mol. The molecule has 0 saturated carbocycles. The molecule has 0 aromatic heterocycles. The highest BCUT2D eigenvalue weighted by Crippen LogP contribution is 2.28. The lowest BCUT2D eigenvalue weighted by Gasteiger charge is -2.32. The molecule has 0 bridgehead atoms. The van der Waals surface area contributed by atoms with E-state index in [0.717, 1.165) is 44.5 Å². The van der Waals surface area contributed by atoms with E-state index in [0.29, 0.717) is 29.5 Å². The van der Waals surface area contributed by atoms with Gasteiger partial charge in [-0.3, -0.25) is 9.69 Å². The first-order valence-corrected chi connectivity index (χ1v) is 14.9. The Bertz CT molecular complexity index is 1270. The SMILES string of the molecule is O=C(Cc1ccc(S(=O)(=O)N2CCCCC2)cc1)c1ccc(CN2CCC(c3ccccc3)CC2)cc1. The zero-order chi connectivity index (χ0) is 25.7. The molecule has 0 amide bonds. The van der Waals surface area contributed by atoms with Gasteiger partial charge >= 0.3 is 0 Å². The van der Waals surface area contributed by atoms with E-state index in [9.17, 15) is 13.2 Å². The van der Waals surface area contributed by atoms with Gasteiger partial charge in [0.05, 0.1) is 4.90 Å². The number of benzene rings is 3. The molecule has 6 heteroatoms. The predicted molar refractivity (Wildman–Crippen MR) is 147 cm³/mol. The highest BCUT2D eigenvalue weighted by atomic mass is 32.2. The standard InChI is InChI=1S/C31H36N2O3S/c34-31(23-25-11-15-30(16-12-25)37(35,36)33-19-5-2-6-20-33)29-13-9-26(10-14-29)24-32-21-17-28(18-22-32)27-7-3-1-4-8-27/h1,3-4,7-16,28H,2,5-6,17-24H2. The van der Waals surface area contributed by atoms with Gasteiger partial charge in [0, 0.05) is 31.6 Å². The molecule has 0 radical (unpaired) electrons. The molecule has 2 saturated heterocycles. The number of sulfonamides is 1. The lowest BCUT2D eigenvalue weighted by atomic mass is 9.89. The molecular formula is C31H36N2O3S. The number of piperidine rings is 2. The number of nitrogens with zero attached hydrogens (tertiary/aromatic N) is 2. The van der Waals surface area contributed by atoms with Crippen LogP contribution in [0.15, 0.2) is 83.8 Å². The first-order chi connectivity index (χ1) is 18.0. The van der Waals surface area contributed by atoms with Crippen LogP contribution in [0, 0.1) is 0 Å². The number of hydrogen-bond donors (Lipinski definition) is 0. The van der Waals surface area contributed by atoms with E-state index in [2.05, 4.69) is 47.4 Å². The molecule has 3 aromatic rings. The topological polar surface area (TPSA) is 57.7 Å². The second-order valence-electron chi connectivity index (χ2n) is 10.4. The fourth-order valence-electron chi connectivity index (χ4n) is 5.52. The average Bonchev–Trinajstić information content (AvgIpc) is 2.95. The van der Waals surface area contributed by atoms with Crippen molar-refractivity contribution < 1.29 is 13.2 Å². The molecular weight excluding hydrogens is 480 g/mol. The summed E-state index contributed by atoms with van der Waals surface area (Å²) < 4.78 is 27.3. The Balaban J connectivity index is 1.13. The van der Waals surface area contributed by atoms with Crippen LogP contribution >= 0.6 is 0 Å². The normalized spacial score (nSPS) is 18.1. The van der Waals surface area contributed by atoms with E-state index in [4.69, 9.17) is 0 Å². The van der Waals surface area contributed by atoms with E-state index in [-0.39, 0.29) is 12.2 Å². The van der Waals surface area contributed by atoms with Gasteiger partial charge in [-0.15, -0.1) is 0 Å².